The summed E-state index contributed by atoms with van der Waals surface area (Å²) in [5.41, 5.74) is 0. The van der Waals surface area contributed by atoms with E-state index in [1.54, 1.807) is 0 Å². The summed E-state index contributed by atoms with van der Waals surface area (Å²) < 4.78 is 0. The Kier molecular flexibility index (Phi) is 4.38. The number of hydrogen-bond donors (Lipinski definition) is 1. The first kappa shape index (κ1) is 12.1. The molecule has 90 valence electrons. The highest BCUT2D eigenvalue weighted by Gasteiger charge is 2.21. The highest BCUT2D eigenvalue weighted by atomic mass is 32.1. The molecular formula is C13H22N2S. The number of nitrogens with zero attached hydrogens (tertiary/aromatic N) is 1. The summed E-state index contributed by atoms with van der Waals surface area (Å²) >= 11 is 1.87. The lowest BCUT2D eigenvalue weighted by molar-refractivity contribution is 0.196. The number of hydrogen-bond acceptors (Lipinski definition) is 3. The van der Waals surface area contributed by atoms with Crippen molar-refractivity contribution in [2.24, 2.45) is 0 Å². The highest BCUT2D eigenvalue weighted by Crippen LogP contribution is 2.17. The molecule has 16 heavy (non-hydrogen) atoms. The SMILES string of the molecule is CCC1CN(Cc2cccs2)C(C)CCN1. The minimum absolute atomic E-state index is 0.671. The molecule has 1 aliphatic rings. The van der Waals surface area contributed by atoms with Gasteiger partial charge < -0.3 is 5.32 Å². The van der Waals surface area contributed by atoms with Gasteiger partial charge in [-0.2, -0.15) is 0 Å². The monoisotopic (exact) mass is 238 g/mol. The normalized spacial score (nSPS) is 27.9. The van der Waals surface area contributed by atoms with Crippen LogP contribution >= 0.6 is 11.3 Å². The second-order valence-electron chi connectivity index (χ2n) is 4.71. The minimum atomic E-state index is 0.671. The Morgan fingerprint density at radius 2 is 2.44 bits per heavy atom. The Labute approximate surface area is 103 Å². The maximum atomic E-state index is 3.63. The van der Waals surface area contributed by atoms with Gasteiger partial charge in [-0.05, 0) is 37.8 Å². The zero-order chi connectivity index (χ0) is 11.4. The highest BCUT2D eigenvalue weighted by molar-refractivity contribution is 7.09. The van der Waals surface area contributed by atoms with Gasteiger partial charge in [-0.15, -0.1) is 11.3 Å². The molecule has 2 nitrogen and oxygen atoms in total. The lowest BCUT2D eigenvalue weighted by Crippen LogP contribution is -2.39. The van der Waals surface area contributed by atoms with Crippen LogP contribution in [0.3, 0.4) is 0 Å². The van der Waals surface area contributed by atoms with Crippen LogP contribution < -0.4 is 5.32 Å². The molecule has 1 N–H and O–H groups in total. The molecule has 0 bridgehead atoms. The maximum Gasteiger partial charge on any atom is 0.0331 e. The molecule has 2 unspecified atom stereocenters. The van der Waals surface area contributed by atoms with Crippen LogP contribution in [0.1, 0.15) is 31.6 Å². The average molecular weight is 238 g/mol. The van der Waals surface area contributed by atoms with E-state index in [1.165, 1.54) is 30.8 Å². The summed E-state index contributed by atoms with van der Waals surface area (Å²) in [4.78, 5) is 4.11. The van der Waals surface area contributed by atoms with Crippen LogP contribution in [-0.2, 0) is 6.54 Å². The van der Waals surface area contributed by atoms with E-state index < -0.39 is 0 Å². The number of nitrogens with one attached hydrogen (secondary N) is 1. The first-order valence-corrected chi connectivity index (χ1v) is 7.17. The molecule has 0 aromatic carbocycles. The minimum Gasteiger partial charge on any atom is -0.313 e. The summed E-state index contributed by atoms with van der Waals surface area (Å²) in [5, 5.41) is 5.81. The second kappa shape index (κ2) is 5.80. The third-order valence-corrected chi connectivity index (χ3v) is 4.37. The van der Waals surface area contributed by atoms with E-state index in [0.29, 0.717) is 12.1 Å². The topological polar surface area (TPSA) is 15.3 Å². The summed E-state index contributed by atoms with van der Waals surface area (Å²) in [6.45, 7) is 8.11. The van der Waals surface area contributed by atoms with E-state index in [-0.39, 0.29) is 0 Å². The fourth-order valence-electron chi connectivity index (χ4n) is 2.30. The van der Waals surface area contributed by atoms with Crippen LogP contribution in [0.5, 0.6) is 0 Å². The van der Waals surface area contributed by atoms with Crippen molar-refractivity contribution >= 4 is 11.3 Å². The van der Waals surface area contributed by atoms with E-state index >= 15 is 0 Å². The molecular weight excluding hydrogens is 216 g/mol. The van der Waals surface area contributed by atoms with Crippen molar-refractivity contribution in [3.8, 4) is 0 Å². The van der Waals surface area contributed by atoms with Crippen LogP contribution in [-0.4, -0.2) is 30.1 Å². The molecule has 1 aromatic rings. The van der Waals surface area contributed by atoms with E-state index in [0.717, 1.165) is 6.54 Å². The Balaban J connectivity index is 1.98. The maximum absolute atomic E-state index is 3.63. The summed E-state index contributed by atoms with van der Waals surface area (Å²) in [5.74, 6) is 0. The third kappa shape index (κ3) is 3.06. The summed E-state index contributed by atoms with van der Waals surface area (Å²) in [6.07, 6.45) is 2.50. The van der Waals surface area contributed by atoms with Crippen LogP contribution in [0.15, 0.2) is 17.5 Å². The lowest BCUT2D eigenvalue weighted by atomic mass is 10.2. The zero-order valence-electron chi connectivity index (χ0n) is 10.3. The third-order valence-electron chi connectivity index (χ3n) is 3.51. The van der Waals surface area contributed by atoms with Gasteiger partial charge in [0.15, 0.2) is 0 Å². The molecule has 2 atom stereocenters. The van der Waals surface area contributed by atoms with Gasteiger partial charge in [-0.3, -0.25) is 4.90 Å². The van der Waals surface area contributed by atoms with Crippen LogP contribution in [0.4, 0.5) is 0 Å². The Bertz CT molecular complexity index is 297. The molecule has 1 fully saturated rings. The Morgan fingerprint density at radius 3 is 3.12 bits per heavy atom. The Hall–Kier alpha value is -0.380. The van der Waals surface area contributed by atoms with Crippen LogP contribution in [0.2, 0.25) is 0 Å². The fourth-order valence-corrected chi connectivity index (χ4v) is 3.03. The predicted molar refractivity (Wildman–Crippen MR) is 70.9 cm³/mol. The molecule has 1 aromatic heterocycles. The zero-order valence-corrected chi connectivity index (χ0v) is 11.1. The van der Waals surface area contributed by atoms with Crippen molar-refractivity contribution in [1.29, 1.82) is 0 Å². The molecule has 2 rings (SSSR count). The van der Waals surface area contributed by atoms with E-state index in [2.05, 4.69) is 41.6 Å². The summed E-state index contributed by atoms with van der Waals surface area (Å²) in [7, 11) is 0. The summed E-state index contributed by atoms with van der Waals surface area (Å²) in [6, 6.07) is 5.77. The molecule has 3 heteroatoms. The predicted octanol–water partition coefficient (Wildman–Crippen LogP) is 2.71. The number of rotatable bonds is 3. The molecule has 0 radical (unpaired) electrons. The van der Waals surface area contributed by atoms with Crippen molar-refractivity contribution in [3.63, 3.8) is 0 Å². The molecule has 0 spiro atoms. The van der Waals surface area contributed by atoms with Gasteiger partial charge in [0, 0.05) is 30.1 Å². The molecule has 1 aliphatic heterocycles. The van der Waals surface area contributed by atoms with Gasteiger partial charge in [0.05, 0.1) is 0 Å². The van der Waals surface area contributed by atoms with Crippen molar-refractivity contribution in [2.45, 2.75) is 45.3 Å². The standard InChI is InChI=1S/C13H22N2S/c1-3-12-9-15(11(2)6-7-14-12)10-13-5-4-8-16-13/h4-5,8,11-12,14H,3,6-7,9-10H2,1-2H3. The molecule has 2 heterocycles. The van der Waals surface area contributed by atoms with Crippen molar-refractivity contribution in [3.05, 3.63) is 22.4 Å². The molecule has 0 saturated carbocycles. The van der Waals surface area contributed by atoms with Gasteiger partial charge in [0.1, 0.15) is 0 Å². The van der Waals surface area contributed by atoms with Gasteiger partial charge in [-0.25, -0.2) is 0 Å². The first-order valence-electron chi connectivity index (χ1n) is 6.29. The quantitative estimate of drug-likeness (QED) is 0.871. The first-order chi connectivity index (χ1) is 7.79. The molecule has 0 amide bonds. The van der Waals surface area contributed by atoms with Crippen LogP contribution in [0.25, 0.3) is 0 Å². The van der Waals surface area contributed by atoms with E-state index in [1.807, 2.05) is 11.3 Å². The van der Waals surface area contributed by atoms with E-state index in [4.69, 9.17) is 0 Å². The van der Waals surface area contributed by atoms with Crippen molar-refractivity contribution in [2.75, 3.05) is 13.1 Å². The molecule has 1 saturated heterocycles. The Morgan fingerprint density at radius 1 is 1.56 bits per heavy atom. The lowest BCUT2D eigenvalue weighted by Gasteiger charge is -2.28. The van der Waals surface area contributed by atoms with Crippen LogP contribution in [0, 0.1) is 0 Å². The van der Waals surface area contributed by atoms with Gasteiger partial charge in [0.2, 0.25) is 0 Å². The fraction of sp³-hybridized carbons (Fsp3) is 0.692. The van der Waals surface area contributed by atoms with Gasteiger partial charge >= 0.3 is 0 Å². The smallest absolute Gasteiger partial charge is 0.0331 e. The average Bonchev–Trinajstić information content (AvgIpc) is 2.72. The van der Waals surface area contributed by atoms with Crippen molar-refractivity contribution in [1.82, 2.24) is 10.2 Å². The van der Waals surface area contributed by atoms with Gasteiger partial charge in [-0.1, -0.05) is 13.0 Å². The second-order valence-corrected chi connectivity index (χ2v) is 5.74. The van der Waals surface area contributed by atoms with E-state index in [9.17, 15) is 0 Å². The van der Waals surface area contributed by atoms with Crippen molar-refractivity contribution < 1.29 is 0 Å². The largest absolute Gasteiger partial charge is 0.313 e. The number of thiophene rings is 1. The molecule has 0 aliphatic carbocycles. The van der Waals surface area contributed by atoms with Gasteiger partial charge in [0.25, 0.3) is 0 Å².